The Morgan fingerprint density at radius 1 is 0.157 bits per heavy atom. The van der Waals surface area contributed by atoms with Gasteiger partial charge < -0.3 is 19.6 Å². The van der Waals surface area contributed by atoms with Crippen LogP contribution >= 0.6 is 0 Å². The van der Waals surface area contributed by atoms with Crippen molar-refractivity contribution in [1.29, 1.82) is 0 Å². The molecule has 0 aromatic heterocycles. The molecule has 0 aliphatic rings. The second kappa shape index (κ2) is 36.5. The normalized spacial score (nSPS) is 11.3. The highest BCUT2D eigenvalue weighted by Gasteiger charge is 2.24. The molecule has 14 aromatic rings. The molecule has 0 unspecified atom stereocenters. The Morgan fingerprint density at radius 2 is 0.343 bits per heavy atom. The van der Waals surface area contributed by atoms with Crippen molar-refractivity contribution in [3.8, 4) is 22.3 Å². The van der Waals surface area contributed by atoms with E-state index in [-0.39, 0.29) is 21.7 Å². The summed E-state index contributed by atoms with van der Waals surface area (Å²) in [5.41, 5.74) is 25.3. The van der Waals surface area contributed by atoms with Crippen LogP contribution in [0.15, 0.2) is 388 Å². The molecule has 14 rings (SSSR count). The zero-order chi connectivity index (χ0) is 75.9. The Hall–Kier alpha value is -11.7. The van der Waals surface area contributed by atoms with Crippen molar-refractivity contribution < 1.29 is 0 Å². The number of para-hydroxylation sites is 8. The molecular weight excluding hydrogens is 1310 g/mol. The van der Waals surface area contributed by atoms with E-state index in [0.29, 0.717) is 0 Å². The van der Waals surface area contributed by atoms with E-state index < -0.39 is 0 Å². The molecular formula is C104H108N4. The minimum atomic E-state index is 0.176. The lowest BCUT2D eigenvalue weighted by molar-refractivity contribution is 0.506. The highest BCUT2D eigenvalue weighted by Crippen LogP contribution is 2.42. The quantitative estimate of drug-likeness (QED) is 0.0670. The average molecular weight is 1410 g/mol. The fourth-order valence-corrected chi connectivity index (χ4v) is 13.2. The molecule has 0 aliphatic heterocycles. The van der Waals surface area contributed by atoms with Gasteiger partial charge in [-0.25, -0.2) is 0 Å². The van der Waals surface area contributed by atoms with Crippen LogP contribution in [0.5, 0.6) is 0 Å². The maximum atomic E-state index is 2.32. The van der Waals surface area contributed by atoms with E-state index in [4.69, 9.17) is 0 Å². The maximum absolute atomic E-state index is 2.32. The molecule has 0 radical (unpaired) electrons. The van der Waals surface area contributed by atoms with Gasteiger partial charge in [-0.1, -0.05) is 326 Å². The summed E-state index contributed by atoms with van der Waals surface area (Å²) in [5, 5.41) is 0. The zero-order valence-corrected chi connectivity index (χ0v) is 65.6. The van der Waals surface area contributed by atoms with Crippen LogP contribution in [0.1, 0.15) is 131 Å². The summed E-state index contributed by atoms with van der Waals surface area (Å²) in [6.07, 6.45) is 4.52. The molecule has 0 saturated heterocycles. The van der Waals surface area contributed by atoms with Crippen LogP contribution in [0, 0.1) is 0 Å². The standard InChI is InChI=1S/2C29H29N.2C23H25N/c1-4-29(2,3)25-20-18-23(19-21-25)24-12-11-17-28(22-24)30(26-13-7-5-8-14-26)27-15-9-6-10-16-27;1-4-29(2,3)25-19-15-23(16-20-25)24-17-21-28(22-18-24)30(26-11-7-5-8-12-26)27-13-9-6-10-14-27;1-4-23(2,3)19-12-11-17-22(18-19)24(20-13-7-5-8-14-20)21-15-9-6-10-16-21;1-4-23(2,3)19-15-17-22(18-16-19)24(20-11-7-5-8-12-20)21-13-9-6-10-14-21/h2*5-22H,4H2,1-3H3;2*5-18H,4H2,1-3H3. The third-order valence-corrected chi connectivity index (χ3v) is 21.7. The average Bonchev–Trinajstić information content (AvgIpc) is 0.808. The van der Waals surface area contributed by atoms with Crippen molar-refractivity contribution in [2.75, 3.05) is 19.6 Å². The largest absolute Gasteiger partial charge is 0.311 e. The van der Waals surface area contributed by atoms with E-state index >= 15 is 0 Å². The molecule has 0 aliphatic carbocycles. The van der Waals surface area contributed by atoms with Crippen molar-refractivity contribution in [3.63, 3.8) is 0 Å². The molecule has 0 atom stereocenters. The van der Waals surface area contributed by atoms with E-state index in [1.54, 1.807) is 0 Å². The molecule has 4 heteroatoms. The molecule has 0 N–H and O–H groups in total. The van der Waals surface area contributed by atoms with Gasteiger partial charge in [0, 0.05) is 68.2 Å². The molecule has 0 saturated carbocycles. The lowest BCUT2D eigenvalue weighted by Gasteiger charge is -2.29. The summed E-state index contributed by atoms with van der Waals surface area (Å²) in [6.45, 7) is 27.4. The first-order valence-electron chi connectivity index (χ1n) is 38.6. The molecule has 4 nitrogen and oxygen atoms in total. The van der Waals surface area contributed by atoms with Crippen LogP contribution in [0.3, 0.4) is 0 Å². The number of anilines is 12. The highest BCUT2D eigenvalue weighted by atomic mass is 15.2. The first-order valence-corrected chi connectivity index (χ1v) is 38.6. The second-order valence-corrected chi connectivity index (χ2v) is 30.3. The molecule has 0 spiro atoms. The topological polar surface area (TPSA) is 13.0 Å². The predicted molar refractivity (Wildman–Crippen MR) is 469 cm³/mol. The summed E-state index contributed by atoms with van der Waals surface area (Å²) in [4.78, 5) is 9.20. The molecule has 14 aromatic carbocycles. The Kier molecular flexibility index (Phi) is 26.2. The maximum Gasteiger partial charge on any atom is 0.0467 e. The summed E-state index contributed by atoms with van der Waals surface area (Å²) >= 11 is 0. The Labute approximate surface area is 647 Å². The van der Waals surface area contributed by atoms with E-state index in [2.05, 4.69) is 491 Å². The van der Waals surface area contributed by atoms with Gasteiger partial charge in [0.15, 0.2) is 0 Å². The van der Waals surface area contributed by atoms with Crippen LogP contribution in [0.4, 0.5) is 68.2 Å². The SMILES string of the molecule is CCC(C)(C)c1ccc(-c2ccc(N(c3ccccc3)c3ccccc3)cc2)cc1.CCC(C)(C)c1ccc(-c2cccc(N(c3ccccc3)c3ccccc3)c2)cc1.CCC(C)(C)c1ccc(N(c2ccccc2)c2ccccc2)cc1.CCC(C)(C)c1cccc(N(c2ccccc2)c2ccccc2)c1. The Bertz CT molecular complexity index is 4790. The number of benzene rings is 14. The molecule has 108 heavy (non-hydrogen) atoms. The molecule has 0 fully saturated rings. The smallest absolute Gasteiger partial charge is 0.0467 e. The lowest BCUT2D eigenvalue weighted by Crippen LogP contribution is -2.17. The third kappa shape index (κ3) is 19.7. The van der Waals surface area contributed by atoms with Crippen LogP contribution in [0.25, 0.3) is 22.3 Å². The fraction of sp³-hybridized carbons (Fsp3) is 0.192. The zero-order valence-electron chi connectivity index (χ0n) is 65.6. The highest BCUT2D eigenvalue weighted by molar-refractivity contribution is 5.82. The molecule has 0 amide bonds. The van der Waals surface area contributed by atoms with Gasteiger partial charge in [0.2, 0.25) is 0 Å². The summed E-state index contributed by atoms with van der Waals surface area (Å²) in [7, 11) is 0. The van der Waals surface area contributed by atoms with Crippen molar-refractivity contribution in [2.24, 2.45) is 0 Å². The minimum Gasteiger partial charge on any atom is -0.311 e. The van der Waals surface area contributed by atoms with Gasteiger partial charge in [0.25, 0.3) is 0 Å². The van der Waals surface area contributed by atoms with E-state index in [0.717, 1.165) is 59.8 Å². The number of nitrogens with zero attached hydrogens (tertiary/aromatic N) is 4. The predicted octanol–water partition coefficient (Wildman–Crippen LogP) is 30.7. The van der Waals surface area contributed by atoms with Gasteiger partial charge in [-0.2, -0.15) is 0 Å². The Morgan fingerprint density at radius 3 is 0.611 bits per heavy atom. The van der Waals surface area contributed by atoms with Gasteiger partial charge in [-0.05, 0) is 237 Å². The minimum absolute atomic E-state index is 0.176. The number of rotatable bonds is 22. The van der Waals surface area contributed by atoms with Crippen molar-refractivity contribution in [3.05, 3.63) is 411 Å². The monoisotopic (exact) mass is 1410 g/mol. The van der Waals surface area contributed by atoms with Crippen LogP contribution in [-0.2, 0) is 21.7 Å². The second-order valence-electron chi connectivity index (χ2n) is 30.3. The van der Waals surface area contributed by atoms with E-state index in [1.807, 2.05) is 0 Å². The van der Waals surface area contributed by atoms with E-state index in [1.165, 1.54) is 78.6 Å². The van der Waals surface area contributed by atoms with Crippen LogP contribution < -0.4 is 19.6 Å². The van der Waals surface area contributed by atoms with Gasteiger partial charge >= 0.3 is 0 Å². The van der Waals surface area contributed by atoms with Gasteiger partial charge in [-0.15, -0.1) is 0 Å². The van der Waals surface area contributed by atoms with Gasteiger partial charge in [0.1, 0.15) is 0 Å². The van der Waals surface area contributed by atoms with E-state index in [9.17, 15) is 0 Å². The van der Waals surface area contributed by atoms with Crippen molar-refractivity contribution >= 4 is 68.2 Å². The molecule has 0 heterocycles. The molecule has 0 bridgehead atoms. The Balaban J connectivity index is 0.000000144. The van der Waals surface area contributed by atoms with Gasteiger partial charge in [-0.3, -0.25) is 0 Å². The van der Waals surface area contributed by atoms with Crippen molar-refractivity contribution in [1.82, 2.24) is 0 Å². The summed E-state index contributed by atoms with van der Waals surface area (Å²) in [6, 6.07) is 138. The number of hydrogen-bond donors (Lipinski definition) is 0. The van der Waals surface area contributed by atoms with Gasteiger partial charge in [0.05, 0.1) is 0 Å². The molecule has 544 valence electrons. The first kappa shape index (κ1) is 77.4. The fourth-order valence-electron chi connectivity index (χ4n) is 13.2. The summed E-state index contributed by atoms with van der Waals surface area (Å²) in [5.74, 6) is 0. The number of hydrogen-bond acceptors (Lipinski definition) is 4. The van der Waals surface area contributed by atoms with Crippen LogP contribution in [0.2, 0.25) is 0 Å². The van der Waals surface area contributed by atoms with Crippen LogP contribution in [-0.4, -0.2) is 0 Å². The third-order valence-electron chi connectivity index (χ3n) is 21.7. The first-order chi connectivity index (χ1) is 52.4. The van der Waals surface area contributed by atoms with Crippen molar-refractivity contribution in [2.45, 2.75) is 130 Å². The summed E-state index contributed by atoms with van der Waals surface area (Å²) < 4.78 is 0. The lowest BCUT2D eigenvalue weighted by atomic mass is 9.82.